The summed E-state index contributed by atoms with van der Waals surface area (Å²) in [5.74, 6) is -1.18. The molecule has 150 valence electrons. The molecule has 0 unspecified atom stereocenters. The highest BCUT2D eigenvalue weighted by atomic mass is 32.1. The largest absolute Gasteiger partial charge is 0.481 e. The van der Waals surface area contributed by atoms with Gasteiger partial charge in [-0.05, 0) is 38.1 Å². The van der Waals surface area contributed by atoms with Gasteiger partial charge in [-0.1, -0.05) is 24.3 Å². The lowest BCUT2D eigenvalue weighted by molar-refractivity contribution is -0.146. The van der Waals surface area contributed by atoms with Crippen LogP contribution >= 0.6 is 11.3 Å². The molecule has 0 saturated carbocycles. The fraction of sp³-hybridized carbons (Fsp3) is 0.174. The monoisotopic (exact) mass is 417 g/mol. The van der Waals surface area contributed by atoms with Crippen LogP contribution in [0.1, 0.15) is 30.6 Å². The summed E-state index contributed by atoms with van der Waals surface area (Å²) in [6.07, 6.45) is 3.46. The number of Topliss-reactive ketones (excluding diaryl/α,β-unsaturated/α-hetero) is 1. The van der Waals surface area contributed by atoms with E-state index in [1.807, 2.05) is 36.4 Å². The van der Waals surface area contributed by atoms with E-state index in [0.717, 1.165) is 32.2 Å². The van der Waals surface area contributed by atoms with E-state index in [1.54, 1.807) is 49.7 Å². The first-order chi connectivity index (χ1) is 14.3. The van der Waals surface area contributed by atoms with Gasteiger partial charge in [0.2, 0.25) is 0 Å². The average Bonchev–Trinajstić information content (AvgIpc) is 3.18. The number of aromatic nitrogens is 3. The zero-order chi connectivity index (χ0) is 21.3. The maximum Gasteiger partial charge on any atom is 0.309 e. The lowest BCUT2D eigenvalue weighted by atomic mass is 9.85. The molecule has 0 spiro atoms. The molecule has 3 heterocycles. The van der Waals surface area contributed by atoms with E-state index in [4.69, 9.17) is 0 Å². The molecule has 1 aromatic carbocycles. The number of thiazole rings is 1. The van der Waals surface area contributed by atoms with Crippen molar-refractivity contribution in [3.05, 3.63) is 66.5 Å². The number of hydrogen-bond acceptors (Lipinski definition) is 6. The number of carboxylic acid groups (broad SMARTS) is 1. The van der Waals surface area contributed by atoms with Gasteiger partial charge in [-0.2, -0.15) is 0 Å². The van der Waals surface area contributed by atoms with E-state index < -0.39 is 11.4 Å². The Hall–Kier alpha value is -3.45. The number of carbonyl (C=O) groups excluding carboxylic acids is 1. The first-order valence-electron chi connectivity index (χ1n) is 9.38. The minimum atomic E-state index is -1.09. The highest BCUT2D eigenvalue weighted by Gasteiger charge is 2.30. The molecule has 30 heavy (non-hydrogen) atoms. The Kier molecular flexibility index (Phi) is 5.13. The summed E-state index contributed by atoms with van der Waals surface area (Å²) >= 11 is 1.57. The SMILES string of the molecule is CC(C)(CC(=O)c1ccc(-c2ccc(-c3nc4ncccc4s3)cn2)cc1)C(=O)O. The Labute approximate surface area is 177 Å². The van der Waals surface area contributed by atoms with Crippen molar-refractivity contribution < 1.29 is 14.7 Å². The summed E-state index contributed by atoms with van der Waals surface area (Å²) < 4.78 is 1.03. The minimum absolute atomic E-state index is 0.0499. The molecule has 4 rings (SSSR count). The third-order valence-corrected chi connectivity index (χ3v) is 5.92. The number of fused-ring (bicyclic) bond motifs is 1. The quantitative estimate of drug-likeness (QED) is 0.439. The Balaban J connectivity index is 1.52. The normalized spacial score (nSPS) is 11.5. The number of rotatable bonds is 6. The maximum absolute atomic E-state index is 12.4. The van der Waals surface area contributed by atoms with Gasteiger partial charge in [0.15, 0.2) is 11.4 Å². The number of hydrogen-bond donors (Lipinski definition) is 1. The second-order valence-electron chi connectivity index (χ2n) is 7.64. The van der Waals surface area contributed by atoms with Crippen LogP contribution in [-0.2, 0) is 4.79 Å². The number of pyridine rings is 2. The lowest BCUT2D eigenvalue weighted by Gasteiger charge is -2.17. The Bertz CT molecular complexity index is 1200. The van der Waals surface area contributed by atoms with Crippen LogP contribution in [0, 0.1) is 5.41 Å². The van der Waals surface area contributed by atoms with E-state index in [0.29, 0.717) is 5.56 Å². The summed E-state index contributed by atoms with van der Waals surface area (Å²) in [5, 5.41) is 10.1. The van der Waals surface area contributed by atoms with Crippen molar-refractivity contribution in [3.8, 4) is 21.8 Å². The predicted molar refractivity (Wildman–Crippen MR) is 116 cm³/mol. The van der Waals surface area contributed by atoms with Crippen molar-refractivity contribution in [2.45, 2.75) is 20.3 Å². The van der Waals surface area contributed by atoms with Crippen LogP contribution in [0.15, 0.2) is 60.9 Å². The summed E-state index contributed by atoms with van der Waals surface area (Å²) in [7, 11) is 0. The topological polar surface area (TPSA) is 93.0 Å². The van der Waals surface area contributed by atoms with E-state index in [2.05, 4.69) is 15.0 Å². The van der Waals surface area contributed by atoms with Crippen molar-refractivity contribution in [1.82, 2.24) is 15.0 Å². The van der Waals surface area contributed by atoms with Crippen molar-refractivity contribution in [2.24, 2.45) is 5.41 Å². The molecular weight excluding hydrogens is 398 g/mol. The first-order valence-corrected chi connectivity index (χ1v) is 10.2. The zero-order valence-electron chi connectivity index (χ0n) is 16.5. The van der Waals surface area contributed by atoms with Gasteiger partial charge in [0, 0.05) is 35.5 Å². The minimum Gasteiger partial charge on any atom is -0.481 e. The molecule has 0 aliphatic rings. The van der Waals surface area contributed by atoms with Crippen LogP contribution in [-0.4, -0.2) is 31.8 Å². The molecule has 0 saturated heterocycles. The molecule has 7 heteroatoms. The van der Waals surface area contributed by atoms with Crippen LogP contribution < -0.4 is 0 Å². The summed E-state index contributed by atoms with van der Waals surface area (Å²) in [5.41, 5.74) is 2.71. The molecule has 0 bridgehead atoms. The highest BCUT2D eigenvalue weighted by molar-refractivity contribution is 7.21. The number of ketones is 1. The second-order valence-corrected chi connectivity index (χ2v) is 8.67. The zero-order valence-corrected chi connectivity index (χ0v) is 17.3. The van der Waals surface area contributed by atoms with Gasteiger partial charge in [-0.3, -0.25) is 14.6 Å². The summed E-state index contributed by atoms with van der Waals surface area (Å²) in [4.78, 5) is 37.0. The van der Waals surface area contributed by atoms with Gasteiger partial charge in [-0.25, -0.2) is 9.97 Å². The average molecular weight is 417 g/mol. The molecule has 0 aliphatic carbocycles. The van der Waals surface area contributed by atoms with Crippen molar-refractivity contribution in [2.75, 3.05) is 0 Å². The molecule has 0 aliphatic heterocycles. The van der Waals surface area contributed by atoms with Crippen molar-refractivity contribution in [1.29, 1.82) is 0 Å². The Morgan fingerprint density at radius 2 is 1.73 bits per heavy atom. The third-order valence-electron chi connectivity index (χ3n) is 4.86. The van der Waals surface area contributed by atoms with Crippen LogP contribution in [0.25, 0.3) is 32.2 Å². The van der Waals surface area contributed by atoms with Gasteiger partial charge in [0.05, 0.1) is 15.8 Å². The molecule has 6 nitrogen and oxygen atoms in total. The standard InChI is InChI=1S/C23H19N3O3S/c1-23(2,22(28)29)12-18(27)15-7-5-14(6-8-15)17-10-9-16(13-25-17)21-26-20-19(30-21)4-3-11-24-20/h3-11,13H,12H2,1-2H3,(H,28,29). The predicted octanol–water partition coefficient (Wildman–Crippen LogP) is 5.10. The number of carboxylic acids is 1. The van der Waals surface area contributed by atoms with Crippen molar-refractivity contribution in [3.63, 3.8) is 0 Å². The molecule has 4 aromatic rings. The Morgan fingerprint density at radius 3 is 2.37 bits per heavy atom. The fourth-order valence-corrected chi connectivity index (χ4v) is 3.90. The van der Waals surface area contributed by atoms with E-state index in [-0.39, 0.29) is 12.2 Å². The maximum atomic E-state index is 12.4. The second kappa shape index (κ2) is 7.76. The molecule has 0 radical (unpaired) electrons. The molecule has 1 N–H and O–H groups in total. The smallest absolute Gasteiger partial charge is 0.309 e. The number of aliphatic carboxylic acids is 1. The summed E-state index contributed by atoms with van der Waals surface area (Å²) in [6, 6.07) is 14.8. The van der Waals surface area contributed by atoms with Gasteiger partial charge >= 0.3 is 5.97 Å². The van der Waals surface area contributed by atoms with Gasteiger partial charge in [0.1, 0.15) is 5.01 Å². The van der Waals surface area contributed by atoms with Crippen LogP contribution in [0.2, 0.25) is 0 Å². The first kappa shape index (κ1) is 19.8. The van der Waals surface area contributed by atoms with E-state index in [1.165, 1.54) is 0 Å². The molecular formula is C23H19N3O3S. The molecule has 3 aromatic heterocycles. The van der Waals surface area contributed by atoms with E-state index in [9.17, 15) is 14.7 Å². The summed E-state index contributed by atoms with van der Waals surface area (Å²) in [6.45, 7) is 3.10. The molecule has 0 amide bonds. The number of benzene rings is 1. The molecule has 0 atom stereocenters. The van der Waals surface area contributed by atoms with Gasteiger partial charge in [-0.15, -0.1) is 11.3 Å². The van der Waals surface area contributed by atoms with Crippen LogP contribution in [0.3, 0.4) is 0 Å². The highest BCUT2D eigenvalue weighted by Crippen LogP contribution is 2.30. The third kappa shape index (κ3) is 3.97. The van der Waals surface area contributed by atoms with E-state index >= 15 is 0 Å². The number of carbonyl (C=O) groups is 2. The van der Waals surface area contributed by atoms with Crippen LogP contribution in [0.5, 0.6) is 0 Å². The van der Waals surface area contributed by atoms with Crippen molar-refractivity contribution >= 4 is 33.4 Å². The fourth-order valence-electron chi connectivity index (χ4n) is 2.99. The Morgan fingerprint density at radius 1 is 1.00 bits per heavy atom. The van der Waals surface area contributed by atoms with Gasteiger partial charge < -0.3 is 5.11 Å². The lowest BCUT2D eigenvalue weighted by Crippen LogP contribution is -2.26. The molecule has 0 fully saturated rings. The van der Waals surface area contributed by atoms with Crippen LogP contribution in [0.4, 0.5) is 0 Å². The van der Waals surface area contributed by atoms with Gasteiger partial charge in [0.25, 0.3) is 0 Å². The number of nitrogens with zero attached hydrogens (tertiary/aromatic N) is 3.